The van der Waals surface area contributed by atoms with Crippen LogP contribution in [0.2, 0.25) is 5.02 Å². The van der Waals surface area contributed by atoms with Crippen molar-refractivity contribution in [2.24, 2.45) is 0 Å². The first-order valence-electron chi connectivity index (χ1n) is 6.75. The second kappa shape index (κ2) is 8.19. The number of nitrogens with zero attached hydrogens (tertiary/aromatic N) is 1. The van der Waals surface area contributed by atoms with Gasteiger partial charge in [-0.1, -0.05) is 41.9 Å². The fourth-order valence-corrected chi connectivity index (χ4v) is 2.23. The number of anilines is 1. The van der Waals surface area contributed by atoms with Crippen LogP contribution in [-0.2, 0) is 4.79 Å². The molecule has 0 radical (unpaired) electrons. The second-order valence-electron chi connectivity index (χ2n) is 4.57. The SMILES string of the molecule is O=C(C=Cc1ccccc1Cl)NC(=S)Nc1ccccc1[N+](=O)[O-]. The van der Waals surface area contributed by atoms with Crippen LogP contribution in [0.4, 0.5) is 11.4 Å². The molecule has 0 aromatic heterocycles. The summed E-state index contributed by atoms with van der Waals surface area (Å²) in [5, 5.41) is 16.4. The standard InChI is InChI=1S/C16H12ClN3O3S/c17-12-6-2-1-5-11(12)9-10-15(21)19-16(24)18-13-7-3-4-8-14(13)20(22)23/h1-10H,(H2,18,19,21,24). The summed E-state index contributed by atoms with van der Waals surface area (Å²) >= 11 is 11.0. The van der Waals surface area contributed by atoms with E-state index in [4.69, 9.17) is 23.8 Å². The van der Waals surface area contributed by atoms with Crippen molar-refractivity contribution in [2.75, 3.05) is 5.32 Å². The number of halogens is 1. The van der Waals surface area contributed by atoms with Gasteiger partial charge in [-0.3, -0.25) is 20.2 Å². The molecule has 2 aromatic carbocycles. The molecule has 0 aliphatic rings. The maximum absolute atomic E-state index is 11.8. The van der Waals surface area contributed by atoms with Crippen LogP contribution in [0.3, 0.4) is 0 Å². The topological polar surface area (TPSA) is 84.3 Å². The lowest BCUT2D eigenvalue weighted by molar-refractivity contribution is -0.383. The summed E-state index contributed by atoms with van der Waals surface area (Å²) in [6, 6.07) is 13.0. The minimum absolute atomic E-state index is 0.0434. The number of hydrogen-bond acceptors (Lipinski definition) is 4. The molecule has 0 aliphatic carbocycles. The first-order chi connectivity index (χ1) is 11.5. The van der Waals surface area contributed by atoms with E-state index in [0.717, 1.165) is 0 Å². The molecule has 24 heavy (non-hydrogen) atoms. The van der Waals surface area contributed by atoms with E-state index in [1.54, 1.807) is 36.4 Å². The first-order valence-corrected chi connectivity index (χ1v) is 7.54. The van der Waals surface area contributed by atoms with Crippen LogP contribution >= 0.6 is 23.8 Å². The van der Waals surface area contributed by atoms with Crippen LogP contribution in [-0.4, -0.2) is 15.9 Å². The second-order valence-corrected chi connectivity index (χ2v) is 5.39. The van der Waals surface area contributed by atoms with Crippen molar-refractivity contribution in [1.29, 1.82) is 0 Å². The highest BCUT2D eigenvalue weighted by molar-refractivity contribution is 7.80. The highest BCUT2D eigenvalue weighted by Crippen LogP contribution is 2.22. The Morgan fingerprint density at radius 1 is 1.17 bits per heavy atom. The number of carbonyl (C=O) groups excluding carboxylic acids is 1. The molecular weight excluding hydrogens is 350 g/mol. The molecule has 0 fully saturated rings. The van der Waals surface area contributed by atoms with Gasteiger partial charge in [0.15, 0.2) is 5.11 Å². The first kappa shape index (κ1) is 17.6. The van der Waals surface area contributed by atoms with Crippen LogP contribution in [0, 0.1) is 10.1 Å². The number of para-hydroxylation sites is 2. The number of carbonyl (C=O) groups is 1. The molecule has 0 unspecified atom stereocenters. The molecule has 0 saturated carbocycles. The fraction of sp³-hybridized carbons (Fsp3) is 0. The van der Waals surface area contributed by atoms with Crippen LogP contribution < -0.4 is 10.6 Å². The van der Waals surface area contributed by atoms with Crippen molar-refractivity contribution < 1.29 is 9.72 Å². The molecule has 0 heterocycles. The molecule has 2 N–H and O–H groups in total. The number of nitro groups is 1. The summed E-state index contributed by atoms with van der Waals surface area (Å²) in [5.41, 5.74) is 0.746. The number of amides is 1. The Bertz CT molecular complexity index is 824. The van der Waals surface area contributed by atoms with Crippen LogP contribution in [0.25, 0.3) is 6.08 Å². The fourth-order valence-electron chi connectivity index (χ4n) is 1.82. The van der Waals surface area contributed by atoms with Gasteiger partial charge < -0.3 is 5.32 Å². The molecule has 0 saturated heterocycles. The highest BCUT2D eigenvalue weighted by atomic mass is 35.5. The van der Waals surface area contributed by atoms with E-state index in [2.05, 4.69) is 10.6 Å². The van der Waals surface area contributed by atoms with E-state index < -0.39 is 10.8 Å². The van der Waals surface area contributed by atoms with E-state index in [1.807, 2.05) is 0 Å². The minimum atomic E-state index is -0.538. The van der Waals surface area contributed by atoms with Gasteiger partial charge in [0.25, 0.3) is 5.69 Å². The summed E-state index contributed by atoms with van der Waals surface area (Å²) in [6.07, 6.45) is 2.82. The predicted molar refractivity (Wildman–Crippen MR) is 97.9 cm³/mol. The number of thiocarbonyl (C=S) groups is 1. The van der Waals surface area contributed by atoms with Crippen molar-refractivity contribution in [1.82, 2.24) is 5.32 Å². The molecule has 8 heteroatoms. The van der Waals surface area contributed by atoms with Gasteiger partial charge in [-0.15, -0.1) is 0 Å². The van der Waals surface area contributed by atoms with Crippen molar-refractivity contribution in [3.8, 4) is 0 Å². The van der Waals surface area contributed by atoms with E-state index in [0.29, 0.717) is 10.6 Å². The maximum Gasteiger partial charge on any atom is 0.292 e. The summed E-state index contributed by atoms with van der Waals surface area (Å²) in [4.78, 5) is 22.2. The number of hydrogen-bond donors (Lipinski definition) is 2. The molecule has 0 aliphatic heterocycles. The van der Waals surface area contributed by atoms with Crippen LogP contribution in [0.5, 0.6) is 0 Å². The van der Waals surface area contributed by atoms with Crippen LogP contribution in [0.15, 0.2) is 54.6 Å². The van der Waals surface area contributed by atoms with E-state index >= 15 is 0 Å². The van der Waals surface area contributed by atoms with Crippen molar-refractivity contribution in [3.63, 3.8) is 0 Å². The molecular formula is C16H12ClN3O3S. The van der Waals surface area contributed by atoms with Crippen LogP contribution in [0.1, 0.15) is 5.56 Å². The van der Waals surface area contributed by atoms with Gasteiger partial charge in [-0.05, 0) is 36.0 Å². The van der Waals surface area contributed by atoms with Gasteiger partial charge in [-0.2, -0.15) is 0 Å². The monoisotopic (exact) mass is 361 g/mol. The Hall–Kier alpha value is -2.77. The number of nitro benzene ring substituents is 1. The summed E-state index contributed by atoms with van der Waals surface area (Å²) in [6.45, 7) is 0. The van der Waals surface area contributed by atoms with Gasteiger partial charge >= 0.3 is 0 Å². The normalized spacial score (nSPS) is 10.4. The third-order valence-electron chi connectivity index (χ3n) is 2.91. The molecule has 2 rings (SSSR count). The molecule has 2 aromatic rings. The summed E-state index contributed by atoms with van der Waals surface area (Å²) < 4.78 is 0. The van der Waals surface area contributed by atoms with Gasteiger partial charge in [0, 0.05) is 17.2 Å². The smallest absolute Gasteiger partial charge is 0.292 e. The van der Waals surface area contributed by atoms with Gasteiger partial charge in [-0.25, -0.2) is 0 Å². The van der Waals surface area contributed by atoms with Crippen molar-refractivity contribution >= 4 is 52.3 Å². The zero-order valence-electron chi connectivity index (χ0n) is 12.2. The number of rotatable bonds is 4. The summed E-state index contributed by atoms with van der Waals surface area (Å²) in [5.74, 6) is -0.481. The van der Waals surface area contributed by atoms with E-state index in [-0.39, 0.29) is 16.5 Å². The number of benzene rings is 2. The predicted octanol–water partition coefficient (Wildman–Crippen LogP) is 3.77. The zero-order valence-corrected chi connectivity index (χ0v) is 13.8. The average molecular weight is 362 g/mol. The average Bonchev–Trinajstić information content (AvgIpc) is 2.54. The minimum Gasteiger partial charge on any atom is -0.327 e. The molecule has 6 nitrogen and oxygen atoms in total. The van der Waals surface area contributed by atoms with Gasteiger partial charge in [0.2, 0.25) is 5.91 Å². The Kier molecular flexibility index (Phi) is 6.00. The molecule has 0 bridgehead atoms. The molecule has 0 spiro atoms. The van der Waals surface area contributed by atoms with Gasteiger partial charge in [0.1, 0.15) is 5.69 Å². The lowest BCUT2D eigenvalue weighted by Crippen LogP contribution is -2.33. The Balaban J connectivity index is 1.99. The number of nitrogens with one attached hydrogen (secondary N) is 2. The Morgan fingerprint density at radius 2 is 1.83 bits per heavy atom. The lowest BCUT2D eigenvalue weighted by atomic mass is 10.2. The largest absolute Gasteiger partial charge is 0.327 e. The third kappa shape index (κ3) is 4.87. The Labute approximate surface area is 148 Å². The highest BCUT2D eigenvalue weighted by Gasteiger charge is 2.13. The van der Waals surface area contributed by atoms with E-state index in [1.165, 1.54) is 24.3 Å². The molecule has 0 atom stereocenters. The van der Waals surface area contributed by atoms with E-state index in [9.17, 15) is 14.9 Å². The lowest BCUT2D eigenvalue weighted by Gasteiger charge is -2.08. The maximum atomic E-state index is 11.8. The zero-order chi connectivity index (χ0) is 17.5. The van der Waals surface area contributed by atoms with Gasteiger partial charge in [0.05, 0.1) is 4.92 Å². The summed E-state index contributed by atoms with van der Waals surface area (Å²) in [7, 11) is 0. The quantitative estimate of drug-likeness (QED) is 0.375. The third-order valence-corrected chi connectivity index (χ3v) is 3.45. The Morgan fingerprint density at radius 3 is 2.54 bits per heavy atom. The molecule has 1 amide bonds. The molecule has 122 valence electrons. The van der Waals surface area contributed by atoms with Crippen molar-refractivity contribution in [3.05, 3.63) is 75.3 Å². The van der Waals surface area contributed by atoms with Crippen molar-refractivity contribution in [2.45, 2.75) is 0 Å².